The SMILES string of the molecule is Cc1ccc(Sc2ccc(/C=C(\Cl)c3nc4scc(-c5cccs5)c4c(=O)[nH]3)cc2[N+](=O)[O-])cc1. The van der Waals surface area contributed by atoms with Crippen LogP contribution in [0.3, 0.4) is 0 Å². The van der Waals surface area contributed by atoms with Crippen molar-refractivity contribution in [3.63, 3.8) is 0 Å². The molecule has 0 atom stereocenters. The molecule has 0 bridgehead atoms. The maximum Gasteiger partial charge on any atom is 0.283 e. The first-order valence-electron chi connectivity index (χ1n) is 10.3. The van der Waals surface area contributed by atoms with Gasteiger partial charge in [0.2, 0.25) is 0 Å². The van der Waals surface area contributed by atoms with Crippen LogP contribution in [0.5, 0.6) is 0 Å². The second kappa shape index (κ2) is 9.79. The van der Waals surface area contributed by atoms with Gasteiger partial charge < -0.3 is 4.98 Å². The lowest BCUT2D eigenvalue weighted by Crippen LogP contribution is -2.10. The Hall–Kier alpha value is -3.24. The van der Waals surface area contributed by atoms with Crippen molar-refractivity contribution in [3.8, 4) is 10.4 Å². The third kappa shape index (κ3) is 4.94. The molecular weight excluding hydrogens is 522 g/mol. The monoisotopic (exact) mass is 537 g/mol. The number of thiophene rings is 2. The van der Waals surface area contributed by atoms with Crippen LogP contribution in [0.25, 0.3) is 31.8 Å². The highest BCUT2D eigenvalue weighted by molar-refractivity contribution is 7.99. The van der Waals surface area contributed by atoms with E-state index in [-0.39, 0.29) is 22.1 Å². The summed E-state index contributed by atoms with van der Waals surface area (Å²) in [6.07, 6.45) is 1.56. The number of benzene rings is 2. The zero-order valence-electron chi connectivity index (χ0n) is 18.2. The second-order valence-electron chi connectivity index (χ2n) is 7.61. The Labute approximate surface area is 217 Å². The van der Waals surface area contributed by atoms with Crippen LogP contribution in [0.2, 0.25) is 0 Å². The van der Waals surface area contributed by atoms with Crippen LogP contribution in [0, 0.1) is 17.0 Å². The molecule has 0 unspecified atom stereocenters. The first-order chi connectivity index (χ1) is 16.9. The molecule has 0 aliphatic carbocycles. The molecule has 0 saturated heterocycles. The number of fused-ring (bicyclic) bond motifs is 1. The van der Waals surface area contributed by atoms with Gasteiger partial charge >= 0.3 is 0 Å². The zero-order valence-corrected chi connectivity index (χ0v) is 21.4. The largest absolute Gasteiger partial charge is 0.305 e. The lowest BCUT2D eigenvalue weighted by molar-refractivity contribution is -0.387. The Morgan fingerprint density at radius 3 is 2.69 bits per heavy atom. The summed E-state index contributed by atoms with van der Waals surface area (Å²) in [5, 5.41) is 16.3. The summed E-state index contributed by atoms with van der Waals surface area (Å²) >= 11 is 10.7. The summed E-state index contributed by atoms with van der Waals surface area (Å²) in [5.41, 5.74) is 2.19. The number of nitro benzene ring substituents is 1. The van der Waals surface area contributed by atoms with Gasteiger partial charge in [0.05, 0.1) is 20.2 Å². The van der Waals surface area contributed by atoms with Crippen LogP contribution >= 0.6 is 46.0 Å². The van der Waals surface area contributed by atoms with Gasteiger partial charge in [-0.1, -0.05) is 53.2 Å². The fraction of sp³-hybridized carbons (Fsp3) is 0.0400. The fourth-order valence-corrected chi connectivity index (χ4v) is 6.35. The number of aromatic nitrogens is 2. The van der Waals surface area contributed by atoms with E-state index < -0.39 is 4.92 Å². The minimum atomic E-state index is -0.411. The van der Waals surface area contributed by atoms with Gasteiger partial charge in [0, 0.05) is 26.8 Å². The van der Waals surface area contributed by atoms with Crippen molar-refractivity contribution in [2.45, 2.75) is 16.7 Å². The van der Waals surface area contributed by atoms with Gasteiger partial charge in [-0.25, -0.2) is 4.98 Å². The number of nitro groups is 1. The zero-order chi connectivity index (χ0) is 24.5. The Bertz CT molecular complexity index is 1640. The van der Waals surface area contributed by atoms with E-state index in [1.807, 2.05) is 54.1 Å². The van der Waals surface area contributed by atoms with E-state index in [9.17, 15) is 14.9 Å². The van der Waals surface area contributed by atoms with Crippen molar-refractivity contribution in [2.75, 3.05) is 0 Å². The smallest absolute Gasteiger partial charge is 0.283 e. The molecule has 0 aliphatic rings. The standard InChI is InChI=1S/C25H16ClN3O3S3/c1-14-4-7-16(8-5-14)35-21-9-6-15(12-19(21)29(31)32)11-18(26)23-27-24(30)22-17(13-34-25(22)28-23)20-3-2-10-33-20/h2-13H,1H3,(H,27,28,30)/b18-11-. The van der Waals surface area contributed by atoms with E-state index in [2.05, 4.69) is 9.97 Å². The first-order valence-corrected chi connectivity index (χ1v) is 13.3. The minimum absolute atomic E-state index is 0.0236. The molecule has 10 heteroatoms. The topological polar surface area (TPSA) is 88.9 Å². The van der Waals surface area contributed by atoms with Gasteiger partial charge in [0.25, 0.3) is 11.2 Å². The number of aryl methyl sites for hydroxylation is 1. The lowest BCUT2D eigenvalue weighted by atomic mass is 10.2. The molecule has 174 valence electrons. The highest BCUT2D eigenvalue weighted by atomic mass is 35.5. The second-order valence-corrected chi connectivity index (χ2v) is 10.9. The predicted molar refractivity (Wildman–Crippen MR) is 146 cm³/mol. The van der Waals surface area contributed by atoms with Crippen molar-refractivity contribution >= 4 is 73.0 Å². The number of hydrogen-bond donors (Lipinski definition) is 1. The number of aromatic amines is 1. The minimum Gasteiger partial charge on any atom is -0.305 e. The Morgan fingerprint density at radius 1 is 1.17 bits per heavy atom. The molecular formula is C25H16ClN3O3S3. The van der Waals surface area contributed by atoms with Crippen LogP contribution in [0.15, 0.2) is 79.9 Å². The first kappa shape index (κ1) is 23.5. The molecule has 3 aromatic heterocycles. The molecule has 5 rings (SSSR count). The van der Waals surface area contributed by atoms with Crippen LogP contribution in [0.4, 0.5) is 5.69 Å². The molecule has 0 radical (unpaired) electrons. The molecule has 1 N–H and O–H groups in total. The van der Waals surface area contributed by atoms with Crippen LogP contribution < -0.4 is 5.56 Å². The van der Waals surface area contributed by atoms with Gasteiger partial charge in [0.15, 0.2) is 5.82 Å². The summed E-state index contributed by atoms with van der Waals surface area (Å²) in [6.45, 7) is 1.99. The molecule has 35 heavy (non-hydrogen) atoms. The third-order valence-electron chi connectivity index (χ3n) is 5.18. The number of H-pyrrole nitrogens is 1. The van der Waals surface area contributed by atoms with E-state index in [0.29, 0.717) is 20.7 Å². The van der Waals surface area contributed by atoms with Crippen LogP contribution in [-0.4, -0.2) is 14.9 Å². The molecule has 0 saturated carbocycles. The molecule has 0 fully saturated rings. The van der Waals surface area contributed by atoms with E-state index in [4.69, 9.17) is 11.6 Å². The van der Waals surface area contributed by atoms with Gasteiger partial charge in [-0.05, 0) is 48.2 Å². The molecule has 2 aromatic carbocycles. The average molecular weight is 538 g/mol. The van der Waals surface area contributed by atoms with Gasteiger partial charge in [-0.2, -0.15) is 0 Å². The lowest BCUT2D eigenvalue weighted by Gasteiger charge is -2.05. The summed E-state index contributed by atoms with van der Waals surface area (Å²) < 4.78 is 0. The highest BCUT2D eigenvalue weighted by Gasteiger charge is 2.17. The number of nitrogens with zero attached hydrogens (tertiary/aromatic N) is 2. The van der Waals surface area contributed by atoms with E-state index in [0.717, 1.165) is 20.9 Å². The van der Waals surface area contributed by atoms with Crippen molar-refractivity contribution in [1.82, 2.24) is 9.97 Å². The van der Waals surface area contributed by atoms with Gasteiger partial charge in [-0.3, -0.25) is 14.9 Å². The number of nitrogens with one attached hydrogen (secondary N) is 1. The average Bonchev–Trinajstić information content (AvgIpc) is 3.51. The Kier molecular flexibility index (Phi) is 6.57. The van der Waals surface area contributed by atoms with Crippen LogP contribution in [0.1, 0.15) is 17.0 Å². The normalized spacial score (nSPS) is 11.8. The van der Waals surface area contributed by atoms with Crippen molar-refractivity contribution in [1.29, 1.82) is 0 Å². The molecule has 3 heterocycles. The number of hydrogen-bond acceptors (Lipinski definition) is 7. The maximum absolute atomic E-state index is 12.9. The summed E-state index contributed by atoms with van der Waals surface area (Å²) in [6, 6.07) is 16.6. The maximum atomic E-state index is 12.9. The summed E-state index contributed by atoms with van der Waals surface area (Å²) in [7, 11) is 0. The number of rotatable bonds is 6. The summed E-state index contributed by atoms with van der Waals surface area (Å²) in [4.78, 5) is 34.5. The molecule has 5 aromatic rings. The number of halogens is 1. The van der Waals surface area contributed by atoms with Gasteiger partial charge in [0.1, 0.15) is 4.83 Å². The third-order valence-corrected chi connectivity index (χ3v) is 8.32. The Morgan fingerprint density at radius 2 is 1.97 bits per heavy atom. The predicted octanol–water partition coefficient (Wildman–Crippen LogP) is 7.82. The summed E-state index contributed by atoms with van der Waals surface area (Å²) in [5.74, 6) is 0.213. The van der Waals surface area contributed by atoms with Crippen molar-refractivity contribution in [3.05, 3.63) is 103 Å². The quantitative estimate of drug-likeness (QED) is 0.176. The van der Waals surface area contributed by atoms with E-state index in [1.165, 1.54) is 29.2 Å². The molecule has 0 amide bonds. The van der Waals surface area contributed by atoms with Gasteiger partial charge in [-0.15, -0.1) is 22.7 Å². The van der Waals surface area contributed by atoms with Crippen molar-refractivity contribution < 1.29 is 4.92 Å². The highest BCUT2D eigenvalue weighted by Crippen LogP contribution is 2.37. The molecule has 0 spiro atoms. The molecule has 0 aliphatic heterocycles. The fourth-order valence-electron chi connectivity index (χ4n) is 3.48. The van der Waals surface area contributed by atoms with E-state index >= 15 is 0 Å². The van der Waals surface area contributed by atoms with E-state index in [1.54, 1.807) is 29.5 Å². The van der Waals surface area contributed by atoms with Crippen molar-refractivity contribution in [2.24, 2.45) is 0 Å². The van der Waals surface area contributed by atoms with Crippen LogP contribution in [-0.2, 0) is 0 Å². The molecule has 6 nitrogen and oxygen atoms in total. The Balaban J connectivity index is 1.48.